The summed E-state index contributed by atoms with van der Waals surface area (Å²) in [7, 11) is 0. The highest BCUT2D eigenvalue weighted by molar-refractivity contribution is 5.68. The van der Waals surface area contributed by atoms with E-state index in [1.54, 1.807) is 0 Å². The Morgan fingerprint density at radius 1 is 1.04 bits per heavy atom. The second-order valence-corrected chi connectivity index (χ2v) is 7.60. The van der Waals surface area contributed by atoms with E-state index in [-0.39, 0.29) is 0 Å². The lowest BCUT2D eigenvalue weighted by Gasteiger charge is -2.29. The third-order valence-electron chi connectivity index (χ3n) is 4.86. The second kappa shape index (κ2) is 8.88. The van der Waals surface area contributed by atoms with E-state index in [0.717, 1.165) is 54.8 Å². The van der Waals surface area contributed by atoms with Crippen molar-refractivity contribution in [1.29, 1.82) is 0 Å². The summed E-state index contributed by atoms with van der Waals surface area (Å²) < 4.78 is 5.47. The van der Waals surface area contributed by atoms with E-state index in [1.165, 1.54) is 0 Å². The highest BCUT2D eigenvalue weighted by atomic mass is 16.5. The van der Waals surface area contributed by atoms with Crippen LogP contribution in [0.4, 0.5) is 17.5 Å². The summed E-state index contributed by atoms with van der Waals surface area (Å²) in [5, 5.41) is 10.4. The molecule has 1 N–H and O–H groups in total. The van der Waals surface area contributed by atoms with Gasteiger partial charge < -0.3 is 19.6 Å². The van der Waals surface area contributed by atoms with Crippen molar-refractivity contribution in [2.45, 2.75) is 46.1 Å². The molecule has 4 rings (SSSR count). The maximum absolute atomic E-state index is 10.4. The van der Waals surface area contributed by atoms with E-state index >= 15 is 0 Å². The average Bonchev–Trinajstić information content (AvgIpc) is 3.14. The Labute approximate surface area is 168 Å². The van der Waals surface area contributed by atoms with Gasteiger partial charge in [0.1, 0.15) is 5.82 Å². The molecule has 0 amide bonds. The number of anilines is 3. The summed E-state index contributed by atoms with van der Waals surface area (Å²) >= 11 is 0. The predicted octanol–water partition coefficient (Wildman–Crippen LogP) is 3.35. The summed E-state index contributed by atoms with van der Waals surface area (Å²) in [4.78, 5) is 14.2. The summed E-state index contributed by atoms with van der Waals surface area (Å²) in [6.45, 7) is 11.5. The van der Waals surface area contributed by atoms with E-state index in [0.29, 0.717) is 19.6 Å². The fourth-order valence-electron chi connectivity index (χ4n) is 3.63. The maximum atomic E-state index is 10.4. The van der Waals surface area contributed by atoms with Crippen LogP contribution in [-0.4, -0.2) is 53.5 Å². The first-order valence-electron chi connectivity index (χ1n) is 10.3. The molecule has 0 saturated carbocycles. The van der Waals surface area contributed by atoms with Crippen LogP contribution in [0.3, 0.4) is 0 Å². The highest BCUT2D eigenvalue weighted by Crippen LogP contribution is 2.36. The van der Waals surface area contributed by atoms with Gasteiger partial charge in [-0.25, -0.2) is 4.98 Å². The number of aromatic nitrogens is 2. The predicted molar refractivity (Wildman–Crippen MR) is 114 cm³/mol. The van der Waals surface area contributed by atoms with Crippen LogP contribution < -0.4 is 9.80 Å². The molecule has 1 fully saturated rings. The van der Waals surface area contributed by atoms with Crippen molar-refractivity contribution in [3.8, 4) is 0 Å². The number of rotatable bonds is 4. The van der Waals surface area contributed by atoms with Crippen LogP contribution in [0.15, 0.2) is 30.3 Å². The Morgan fingerprint density at radius 2 is 1.71 bits per heavy atom. The van der Waals surface area contributed by atoms with E-state index in [9.17, 15) is 5.11 Å². The SMILES string of the molecule is CC.CC(C)(O)Cc1nc(N2CCOCC2)nc2c1CCN2c1ccccc1. The summed E-state index contributed by atoms with van der Waals surface area (Å²) in [6.07, 6.45) is 1.43. The lowest BCUT2D eigenvalue weighted by atomic mass is 9.99. The Bertz CT molecular complexity index is 768. The van der Waals surface area contributed by atoms with Gasteiger partial charge in [0.15, 0.2) is 0 Å². The quantitative estimate of drug-likeness (QED) is 0.872. The second-order valence-electron chi connectivity index (χ2n) is 7.60. The lowest BCUT2D eigenvalue weighted by Crippen LogP contribution is -2.38. The van der Waals surface area contributed by atoms with Crippen molar-refractivity contribution in [3.05, 3.63) is 41.6 Å². The van der Waals surface area contributed by atoms with Crippen molar-refractivity contribution in [2.75, 3.05) is 42.6 Å². The van der Waals surface area contributed by atoms with Crippen molar-refractivity contribution in [3.63, 3.8) is 0 Å². The van der Waals surface area contributed by atoms with E-state index < -0.39 is 5.60 Å². The van der Waals surface area contributed by atoms with Crippen molar-refractivity contribution in [2.24, 2.45) is 0 Å². The minimum absolute atomic E-state index is 0.526. The zero-order chi connectivity index (χ0) is 20.1. The topological polar surface area (TPSA) is 61.7 Å². The molecular weight excluding hydrogens is 352 g/mol. The largest absolute Gasteiger partial charge is 0.390 e. The monoisotopic (exact) mass is 384 g/mol. The van der Waals surface area contributed by atoms with Gasteiger partial charge in [-0.1, -0.05) is 32.0 Å². The van der Waals surface area contributed by atoms with Gasteiger partial charge in [-0.2, -0.15) is 4.98 Å². The number of benzene rings is 1. The van der Waals surface area contributed by atoms with Gasteiger partial charge in [0, 0.05) is 37.3 Å². The fourth-order valence-corrected chi connectivity index (χ4v) is 3.63. The smallest absolute Gasteiger partial charge is 0.227 e. The van der Waals surface area contributed by atoms with Gasteiger partial charge in [0.05, 0.1) is 24.5 Å². The summed E-state index contributed by atoms with van der Waals surface area (Å²) in [6, 6.07) is 10.4. The van der Waals surface area contributed by atoms with Crippen LogP contribution in [0, 0.1) is 0 Å². The normalized spacial score (nSPS) is 16.5. The Hall–Kier alpha value is -2.18. The number of aliphatic hydroxyl groups is 1. The summed E-state index contributed by atoms with van der Waals surface area (Å²) in [5.74, 6) is 1.72. The molecule has 0 unspecified atom stereocenters. The first kappa shape index (κ1) is 20.6. The minimum atomic E-state index is -0.801. The molecule has 0 aliphatic carbocycles. The number of morpholine rings is 1. The van der Waals surface area contributed by atoms with Crippen LogP contribution in [0.5, 0.6) is 0 Å². The van der Waals surface area contributed by atoms with Crippen molar-refractivity contribution >= 4 is 17.5 Å². The maximum Gasteiger partial charge on any atom is 0.227 e. The first-order valence-corrected chi connectivity index (χ1v) is 10.3. The molecule has 0 bridgehead atoms. The molecule has 1 aromatic carbocycles. The number of nitrogens with zero attached hydrogens (tertiary/aromatic N) is 4. The summed E-state index contributed by atoms with van der Waals surface area (Å²) in [5.41, 5.74) is 2.47. The molecule has 1 aromatic heterocycles. The third-order valence-corrected chi connectivity index (χ3v) is 4.86. The molecular formula is C22H32N4O2. The molecule has 6 heteroatoms. The lowest BCUT2D eigenvalue weighted by molar-refractivity contribution is 0.0797. The van der Waals surface area contributed by atoms with Gasteiger partial charge in [0.2, 0.25) is 5.95 Å². The Balaban J connectivity index is 0.00000109. The number of para-hydroxylation sites is 1. The molecule has 3 heterocycles. The molecule has 2 aliphatic rings. The standard InChI is InChI=1S/C20H26N4O2.C2H6/c1-20(2,25)14-17-16-8-9-24(15-6-4-3-5-7-15)18(16)22-19(21-17)23-10-12-26-13-11-23;1-2/h3-7,25H,8-14H2,1-2H3;1-2H3. The molecule has 0 atom stereocenters. The fraction of sp³-hybridized carbons (Fsp3) is 0.545. The van der Waals surface area contributed by atoms with E-state index in [1.807, 2.05) is 33.8 Å². The van der Waals surface area contributed by atoms with Gasteiger partial charge in [-0.05, 0) is 32.4 Å². The highest BCUT2D eigenvalue weighted by Gasteiger charge is 2.30. The molecule has 28 heavy (non-hydrogen) atoms. The molecule has 2 aliphatic heterocycles. The molecule has 1 saturated heterocycles. The van der Waals surface area contributed by atoms with E-state index in [4.69, 9.17) is 14.7 Å². The van der Waals surface area contributed by atoms with Crippen LogP contribution in [-0.2, 0) is 17.6 Å². The average molecular weight is 385 g/mol. The van der Waals surface area contributed by atoms with Gasteiger partial charge >= 0.3 is 0 Å². The van der Waals surface area contributed by atoms with Crippen molar-refractivity contribution in [1.82, 2.24) is 9.97 Å². The molecule has 0 radical (unpaired) electrons. The minimum Gasteiger partial charge on any atom is -0.390 e. The zero-order valence-electron chi connectivity index (χ0n) is 17.5. The van der Waals surface area contributed by atoms with Gasteiger partial charge in [-0.3, -0.25) is 0 Å². The number of ether oxygens (including phenoxy) is 1. The van der Waals surface area contributed by atoms with E-state index in [2.05, 4.69) is 34.1 Å². The molecule has 6 nitrogen and oxygen atoms in total. The van der Waals surface area contributed by atoms with Crippen LogP contribution >= 0.6 is 0 Å². The van der Waals surface area contributed by atoms with Crippen LogP contribution in [0.25, 0.3) is 0 Å². The third kappa shape index (κ3) is 4.62. The molecule has 0 spiro atoms. The van der Waals surface area contributed by atoms with Crippen LogP contribution in [0.1, 0.15) is 39.0 Å². The molecule has 152 valence electrons. The Morgan fingerprint density at radius 3 is 2.36 bits per heavy atom. The zero-order valence-corrected chi connectivity index (χ0v) is 17.5. The number of fused-ring (bicyclic) bond motifs is 1. The Kier molecular flexibility index (Phi) is 6.52. The first-order chi connectivity index (χ1) is 13.5. The molecule has 2 aromatic rings. The van der Waals surface area contributed by atoms with Crippen LogP contribution in [0.2, 0.25) is 0 Å². The van der Waals surface area contributed by atoms with Gasteiger partial charge in [0.25, 0.3) is 0 Å². The number of hydrogen-bond acceptors (Lipinski definition) is 6. The van der Waals surface area contributed by atoms with Crippen molar-refractivity contribution < 1.29 is 9.84 Å². The number of hydrogen-bond donors (Lipinski definition) is 1. The van der Waals surface area contributed by atoms with Gasteiger partial charge in [-0.15, -0.1) is 0 Å².